The summed E-state index contributed by atoms with van der Waals surface area (Å²) < 4.78 is 0. The van der Waals surface area contributed by atoms with Gasteiger partial charge in [0.25, 0.3) is 0 Å². The number of benzene rings is 3. The van der Waals surface area contributed by atoms with E-state index in [4.69, 9.17) is 11.6 Å². The molecule has 1 N–H and O–H groups in total. The van der Waals surface area contributed by atoms with Crippen LogP contribution in [-0.2, 0) is 22.6 Å². The highest BCUT2D eigenvalue weighted by Crippen LogP contribution is 2.22. The maximum atomic E-state index is 13.4. The van der Waals surface area contributed by atoms with Gasteiger partial charge in [0, 0.05) is 23.5 Å². The maximum Gasteiger partial charge on any atom is 0.242 e. The zero-order chi connectivity index (χ0) is 23.3. The van der Waals surface area contributed by atoms with Gasteiger partial charge in [0.1, 0.15) is 6.04 Å². The third-order valence-electron chi connectivity index (χ3n) is 5.45. The monoisotopic (exact) mass is 450 g/mol. The Morgan fingerprint density at radius 3 is 2.28 bits per heavy atom. The zero-order valence-electron chi connectivity index (χ0n) is 19.2. The molecule has 4 nitrogen and oxygen atoms in total. The molecule has 3 rings (SSSR count). The summed E-state index contributed by atoms with van der Waals surface area (Å²) >= 11 is 6.36. The van der Waals surface area contributed by atoms with Crippen LogP contribution in [0.4, 0.5) is 0 Å². The average Bonchev–Trinajstić information content (AvgIpc) is 2.75. The van der Waals surface area contributed by atoms with Gasteiger partial charge in [-0.05, 0) is 62.1 Å². The first-order chi connectivity index (χ1) is 15.2. The van der Waals surface area contributed by atoms with Crippen molar-refractivity contribution in [1.29, 1.82) is 0 Å². The number of rotatable bonds is 7. The topological polar surface area (TPSA) is 49.4 Å². The molecule has 0 bridgehead atoms. The summed E-state index contributed by atoms with van der Waals surface area (Å²) in [6.07, 6.45) is 0.915. The molecule has 0 heterocycles. The lowest BCUT2D eigenvalue weighted by molar-refractivity contribution is -0.141. The zero-order valence-corrected chi connectivity index (χ0v) is 19.9. The molecule has 2 amide bonds. The molecule has 0 unspecified atom stereocenters. The van der Waals surface area contributed by atoms with E-state index in [1.165, 1.54) is 0 Å². The van der Waals surface area contributed by atoms with E-state index in [1.807, 2.05) is 57.2 Å². The van der Waals surface area contributed by atoms with E-state index in [-0.39, 0.29) is 23.9 Å². The first kappa shape index (κ1) is 23.8. The van der Waals surface area contributed by atoms with E-state index in [0.29, 0.717) is 17.9 Å². The number of hydrogen-bond acceptors (Lipinski definition) is 2. The summed E-state index contributed by atoms with van der Waals surface area (Å²) in [4.78, 5) is 27.9. The van der Waals surface area contributed by atoms with Gasteiger partial charge in [-0.25, -0.2) is 0 Å². The minimum atomic E-state index is -0.620. The van der Waals surface area contributed by atoms with Crippen molar-refractivity contribution < 1.29 is 9.59 Å². The second-order valence-electron chi connectivity index (χ2n) is 9.17. The molecule has 0 aliphatic rings. The highest BCUT2D eigenvalue weighted by Gasteiger charge is 2.28. The fraction of sp³-hybridized carbons (Fsp3) is 0.333. The normalized spacial score (nSPS) is 12.4. The van der Waals surface area contributed by atoms with E-state index < -0.39 is 6.04 Å². The predicted molar refractivity (Wildman–Crippen MR) is 132 cm³/mol. The molecule has 0 saturated carbocycles. The first-order valence-electron chi connectivity index (χ1n) is 11.0. The van der Waals surface area contributed by atoms with Crippen molar-refractivity contribution in [2.45, 2.75) is 58.7 Å². The van der Waals surface area contributed by atoms with Crippen LogP contribution in [0, 0.1) is 0 Å². The Kier molecular flexibility index (Phi) is 7.57. The van der Waals surface area contributed by atoms with Gasteiger partial charge in [-0.2, -0.15) is 0 Å². The standard InChI is InChI=1S/C27H31ClN2O2/c1-19(26(32)29-27(2,3)4)30(18-22-11-6-8-15-24(22)28)25(31)17-16-21-13-9-12-20-10-5-7-14-23(20)21/h5-15,19H,16-18H2,1-4H3,(H,29,32)/t19-/m1/s1. The highest BCUT2D eigenvalue weighted by molar-refractivity contribution is 6.31. The van der Waals surface area contributed by atoms with Crippen LogP contribution in [0.5, 0.6) is 0 Å². The van der Waals surface area contributed by atoms with Crippen LogP contribution >= 0.6 is 11.6 Å². The number of nitrogens with one attached hydrogen (secondary N) is 1. The van der Waals surface area contributed by atoms with Crippen LogP contribution in [0.3, 0.4) is 0 Å². The number of hydrogen-bond donors (Lipinski definition) is 1. The number of aryl methyl sites for hydroxylation is 1. The lowest BCUT2D eigenvalue weighted by Crippen LogP contribution is -2.52. The summed E-state index contributed by atoms with van der Waals surface area (Å²) in [6, 6.07) is 21.1. The van der Waals surface area contributed by atoms with Crippen LogP contribution < -0.4 is 5.32 Å². The number of fused-ring (bicyclic) bond motifs is 1. The van der Waals surface area contributed by atoms with Gasteiger partial charge < -0.3 is 10.2 Å². The average molecular weight is 451 g/mol. The Labute approximate surface area is 195 Å². The van der Waals surface area contributed by atoms with E-state index >= 15 is 0 Å². The van der Waals surface area contributed by atoms with Crippen LogP contribution in [0.25, 0.3) is 10.8 Å². The molecule has 0 saturated heterocycles. The minimum Gasteiger partial charge on any atom is -0.350 e. The number of halogens is 1. The highest BCUT2D eigenvalue weighted by atomic mass is 35.5. The van der Waals surface area contributed by atoms with Crippen molar-refractivity contribution in [2.24, 2.45) is 0 Å². The van der Waals surface area contributed by atoms with Crippen molar-refractivity contribution >= 4 is 34.2 Å². The molecule has 0 aromatic heterocycles. The van der Waals surface area contributed by atoms with Crippen molar-refractivity contribution in [3.63, 3.8) is 0 Å². The maximum absolute atomic E-state index is 13.4. The van der Waals surface area contributed by atoms with E-state index in [9.17, 15) is 9.59 Å². The van der Waals surface area contributed by atoms with Crippen molar-refractivity contribution in [2.75, 3.05) is 0 Å². The van der Waals surface area contributed by atoms with Gasteiger partial charge in [0.05, 0.1) is 0 Å². The quantitative estimate of drug-likeness (QED) is 0.497. The summed E-state index contributed by atoms with van der Waals surface area (Å²) in [7, 11) is 0. The van der Waals surface area contributed by atoms with Gasteiger partial charge >= 0.3 is 0 Å². The molecule has 0 aliphatic heterocycles. The molecule has 3 aromatic rings. The Hall–Kier alpha value is -2.85. The minimum absolute atomic E-state index is 0.0746. The van der Waals surface area contributed by atoms with Crippen LogP contribution in [0.1, 0.15) is 45.2 Å². The van der Waals surface area contributed by atoms with Crippen molar-refractivity contribution in [3.05, 3.63) is 82.9 Å². The fourth-order valence-corrected chi connectivity index (χ4v) is 3.96. The van der Waals surface area contributed by atoms with Gasteiger partial charge in [0.2, 0.25) is 11.8 Å². The molecule has 5 heteroatoms. The predicted octanol–water partition coefficient (Wildman–Crippen LogP) is 5.76. The first-order valence-corrected chi connectivity index (χ1v) is 11.3. The molecule has 0 radical (unpaired) electrons. The number of nitrogens with zero attached hydrogens (tertiary/aromatic N) is 1. The van der Waals surface area contributed by atoms with Gasteiger partial charge in [-0.1, -0.05) is 72.3 Å². The lowest BCUT2D eigenvalue weighted by Gasteiger charge is -2.31. The van der Waals surface area contributed by atoms with Crippen LogP contribution in [-0.4, -0.2) is 28.3 Å². The van der Waals surface area contributed by atoms with E-state index in [0.717, 1.165) is 21.9 Å². The molecule has 32 heavy (non-hydrogen) atoms. The number of carbonyl (C=O) groups is 2. The summed E-state index contributed by atoms with van der Waals surface area (Å²) in [6.45, 7) is 7.84. The van der Waals surface area contributed by atoms with E-state index in [1.54, 1.807) is 17.9 Å². The Morgan fingerprint density at radius 1 is 0.938 bits per heavy atom. The Balaban J connectivity index is 1.82. The van der Waals surface area contributed by atoms with Gasteiger partial charge in [-0.15, -0.1) is 0 Å². The second kappa shape index (κ2) is 10.2. The van der Waals surface area contributed by atoms with Crippen LogP contribution in [0.15, 0.2) is 66.7 Å². The van der Waals surface area contributed by atoms with E-state index in [2.05, 4.69) is 29.6 Å². The third kappa shape index (κ3) is 6.10. The molecule has 0 fully saturated rings. The molecular formula is C27H31ClN2O2. The molecule has 0 spiro atoms. The molecule has 0 aliphatic carbocycles. The SMILES string of the molecule is C[C@H](C(=O)NC(C)(C)C)N(Cc1ccccc1Cl)C(=O)CCc1cccc2ccccc12. The lowest BCUT2D eigenvalue weighted by atomic mass is 10.0. The smallest absolute Gasteiger partial charge is 0.242 e. The second-order valence-corrected chi connectivity index (χ2v) is 9.57. The molecule has 1 atom stereocenters. The van der Waals surface area contributed by atoms with Gasteiger partial charge in [-0.3, -0.25) is 9.59 Å². The van der Waals surface area contributed by atoms with Gasteiger partial charge in [0.15, 0.2) is 0 Å². The fourth-order valence-electron chi connectivity index (χ4n) is 3.76. The largest absolute Gasteiger partial charge is 0.350 e. The Morgan fingerprint density at radius 2 is 1.56 bits per heavy atom. The summed E-state index contributed by atoms with van der Waals surface area (Å²) in [5.74, 6) is -0.252. The third-order valence-corrected chi connectivity index (χ3v) is 5.82. The summed E-state index contributed by atoms with van der Waals surface area (Å²) in [5.41, 5.74) is 1.57. The van der Waals surface area contributed by atoms with Crippen molar-refractivity contribution in [3.8, 4) is 0 Å². The number of amides is 2. The van der Waals surface area contributed by atoms with Crippen LogP contribution in [0.2, 0.25) is 5.02 Å². The summed E-state index contributed by atoms with van der Waals surface area (Å²) in [5, 5.41) is 5.88. The number of carbonyl (C=O) groups excluding carboxylic acids is 2. The van der Waals surface area contributed by atoms with Crippen molar-refractivity contribution in [1.82, 2.24) is 10.2 Å². The molecule has 3 aromatic carbocycles. The Bertz CT molecular complexity index is 1100. The molecule has 168 valence electrons. The molecular weight excluding hydrogens is 420 g/mol.